The number of nitrogen functional groups attached to an aromatic ring is 1. The number of benzene rings is 1. The monoisotopic (exact) mass is 262 g/mol. The van der Waals surface area contributed by atoms with Crippen LogP contribution in [0.1, 0.15) is 0 Å². The molecule has 1 aliphatic heterocycles. The molecule has 1 aromatic rings. The van der Waals surface area contributed by atoms with Gasteiger partial charge in [0.1, 0.15) is 0 Å². The van der Waals surface area contributed by atoms with Gasteiger partial charge in [0, 0.05) is 13.1 Å². The molecule has 2 N–H and O–H groups in total. The molecule has 1 fully saturated rings. The van der Waals surface area contributed by atoms with Crippen LogP contribution < -0.4 is 10.6 Å². The van der Waals surface area contributed by atoms with E-state index in [1.54, 1.807) is 0 Å². The van der Waals surface area contributed by atoms with E-state index in [4.69, 9.17) is 5.73 Å². The summed E-state index contributed by atoms with van der Waals surface area (Å²) in [4.78, 5) is 1.47. The van der Waals surface area contributed by atoms with Crippen LogP contribution in [0.5, 0.6) is 0 Å². The summed E-state index contributed by atoms with van der Waals surface area (Å²) in [5.41, 5.74) is 5.66. The van der Waals surface area contributed by atoms with E-state index >= 15 is 0 Å². The van der Waals surface area contributed by atoms with E-state index < -0.39 is 21.5 Å². The number of halogens is 2. The zero-order chi connectivity index (χ0) is 12.6. The summed E-state index contributed by atoms with van der Waals surface area (Å²) in [5, 5.41) is 0. The minimum absolute atomic E-state index is 0.0418. The molecular formula is C10H12F2N2O2S. The summed E-state index contributed by atoms with van der Waals surface area (Å²) in [6, 6.07) is 2.23. The zero-order valence-electron chi connectivity index (χ0n) is 8.99. The molecule has 4 nitrogen and oxygen atoms in total. The average Bonchev–Trinajstić information content (AvgIpc) is 2.26. The van der Waals surface area contributed by atoms with Crippen LogP contribution in [0.2, 0.25) is 0 Å². The predicted molar refractivity (Wildman–Crippen MR) is 61.6 cm³/mol. The molecule has 17 heavy (non-hydrogen) atoms. The second-order valence-electron chi connectivity index (χ2n) is 3.94. The second kappa shape index (κ2) is 4.14. The highest BCUT2D eigenvalue weighted by Gasteiger charge is 2.26. The lowest BCUT2D eigenvalue weighted by Crippen LogP contribution is -2.41. The average molecular weight is 262 g/mol. The Bertz CT molecular complexity index is 531. The SMILES string of the molecule is Nc1ccc(F)c(F)c1N1CCS(=O)(=O)CC1. The molecule has 94 valence electrons. The van der Waals surface area contributed by atoms with E-state index in [0.717, 1.165) is 6.07 Å². The number of nitrogens with zero attached hydrogens (tertiary/aromatic N) is 1. The summed E-state index contributed by atoms with van der Waals surface area (Å²) in [5.74, 6) is -2.14. The van der Waals surface area contributed by atoms with Crippen molar-refractivity contribution < 1.29 is 17.2 Å². The lowest BCUT2D eigenvalue weighted by molar-refractivity contribution is 0.506. The van der Waals surface area contributed by atoms with E-state index in [2.05, 4.69) is 0 Å². The molecule has 0 aliphatic carbocycles. The molecule has 1 saturated heterocycles. The largest absolute Gasteiger partial charge is 0.397 e. The third kappa shape index (κ3) is 2.33. The van der Waals surface area contributed by atoms with E-state index in [-0.39, 0.29) is 36.0 Å². The summed E-state index contributed by atoms with van der Waals surface area (Å²) < 4.78 is 49.2. The Morgan fingerprint density at radius 2 is 1.76 bits per heavy atom. The van der Waals surface area contributed by atoms with Gasteiger partial charge in [-0.15, -0.1) is 0 Å². The molecule has 1 aliphatic rings. The summed E-state index contributed by atoms with van der Waals surface area (Å²) in [6.07, 6.45) is 0. The van der Waals surface area contributed by atoms with Crippen molar-refractivity contribution in [2.45, 2.75) is 0 Å². The van der Waals surface area contributed by atoms with Crippen molar-refractivity contribution in [2.24, 2.45) is 0 Å². The normalized spacial score (nSPS) is 19.3. The third-order valence-electron chi connectivity index (χ3n) is 2.76. The van der Waals surface area contributed by atoms with Gasteiger partial charge in [-0.1, -0.05) is 0 Å². The van der Waals surface area contributed by atoms with E-state index in [1.165, 1.54) is 11.0 Å². The number of rotatable bonds is 1. The van der Waals surface area contributed by atoms with Crippen molar-refractivity contribution in [3.05, 3.63) is 23.8 Å². The van der Waals surface area contributed by atoms with Gasteiger partial charge in [-0.05, 0) is 12.1 Å². The van der Waals surface area contributed by atoms with Crippen molar-refractivity contribution in [2.75, 3.05) is 35.2 Å². The topological polar surface area (TPSA) is 63.4 Å². The predicted octanol–water partition coefficient (Wildman–Crippen LogP) is 0.782. The smallest absolute Gasteiger partial charge is 0.184 e. The maximum absolute atomic E-state index is 13.6. The minimum Gasteiger partial charge on any atom is -0.397 e. The highest BCUT2D eigenvalue weighted by molar-refractivity contribution is 7.91. The van der Waals surface area contributed by atoms with Crippen LogP contribution in [0.25, 0.3) is 0 Å². The molecule has 0 unspecified atom stereocenters. The van der Waals surface area contributed by atoms with Gasteiger partial charge in [0.15, 0.2) is 21.5 Å². The number of sulfone groups is 1. The number of anilines is 2. The van der Waals surface area contributed by atoms with Gasteiger partial charge in [-0.3, -0.25) is 0 Å². The first-order valence-electron chi connectivity index (χ1n) is 5.09. The first kappa shape index (κ1) is 12.1. The fourth-order valence-corrected chi connectivity index (χ4v) is 3.01. The van der Waals surface area contributed by atoms with E-state index in [9.17, 15) is 17.2 Å². The van der Waals surface area contributed by atoms with Gasteiger partial charge in [0.2, 0.25) is 0 Å². The highest BCUT2D eigenvalue weighted by atomic mass is 32.2. The van der Waals surface area contributed by atoms with Gasteiger partial charge < -0.3 is 10.6 Å². The van der Waals surface area contributed by atoms with Crippen LogP contribution in [-0.2, 0) is 9.84 Å². The molecule has 0 saturated carbocycles. The molecule has 7 heteroatoms. The van der Waals surface area contributed by atoms with Crippen LogP contribution in [0.3, 0.4) is 0 Å². The zero-order valence-corrected chi connectivity index (χ0v) is 9.80. The first-order valence-corrected chi connectivity index (χ1v) is 6.92. The van der Waals surface area contributed by atoms with Crippen molar-refractivity contribution in [1.82, 2.24) is 0 Å². The molecule has 1 heterocycles. The second-order valence-corrected chi connectivity index (χ2v) is 6.24. The molecule has 0 radical (unpaired) electrons. The van der Waals surface area contributed by atoms with Crippen LogP contribution in [-0.4, -0.2) is 33.0 Å². The molecule has 0 amide bonds. The molecule has 0 atom stereocenters. The fourth-order valence-electron chi connectivity index (χ4n) is 1.81. The van der Waals surface area contributed by atoms with Crippen molar-refractivity contribution in [1.29, 1.82) is 0 Å². The Morgan fingerprint density at radius 3 is 2.35 bits per heavy atom. The molecule has 2 rings (SSSR count). The van der Waals surface area contributed by atoms with Gasteiger partial charge in [-0.2, -0.15) is 0 Å². The lowest BCUT2D eigenvalue weighted by Gasteiger charge is -2.30. The lowest BCUT2D eigenvalue weighted by atomic mass is 10.2. The molecular weight excluding hydrogens is 250 g/mol. The fraction of sp³-hybridized carbons (Fsp3) is 0.400. The standard InChI is InChI=1S/C10H12F2N2O2S/c11-7-1-2-8(13)10(9(7)12)14-3-5-17(15,16)6-4-14/h1-2H,3-6,13H2. The third-order valence-corrected chi connectivity index (χ3v) is 4.37. The summed E-state index contributed by atoms with van der Waals surface area (Å²) in [7, 11) is -3.06. The number of hydrogen-bond acceptors (Lipinski definition) is 4. The molecule has 0 aromatic heterocycles. The maximum atomic E-state index is 13.6. The Hall–Kier alpha value is -1.37. The Morgan fingerprint density at radius 1 is 1.18 bits per heavy atom. The van der Waals surface area contributed by atoms with E-state index in [0.29, 0.717) is 0 Å². The Labute approximate surface area is 97.9 Å². The molecule has 0 bridgehead atoms. The van der Waals surface area contributed by atoms with Crippen LogP contribution in [0.15, 0.2) is 12.1 Å². The van der Waals surface area contributed by atoms with Gasteiger partial charge >= 0.3 is 0 Å². The van der Waals surface area contributed by atoms with Crippen LogP contribution >= 0.6 is 0 Å². The maximum Gasteiger partial charge on any atom is 0.184 e. The molecule has 1 aromatic carbocycles. The summed E-state index contributed by atoms with van der Waals surface area (Å²) >= 11 is 0. The van der Waals surface area contributed by atoms with Crippen LogP contribution in [0.4, 0.5) is 20.2 Å². The first-order chi connectivity index (χ1) is 7.91. The molecule has 0 spiro atoms. The highest BCUT2D eigenvalue weighted by Crippen LogP contribution is 2.29. The number of hydrogen-bond donors (Lipinski definition) is 1. The van der Waals surface area contributed by atoms with Crippen LogP contribution in [0, 0.1) is 11.6 Å². The van der Waals surface area contributed by atoms with Crippen molar-refractivity contribution in [3.8, 4) is 0 Å². The number of nitrogens with two attached hydrogens (primary N) is 1. The van der Waals surface area contributed by atoms with Crippen molar-refractivity contribution >= 4 is 21.2 Å². The van der Waals surface area contributed by atoms with Crippen molar-refractivity contribution in [3.63, 3.8) is 0 Å². The quantitative estimate of drug-likeness (QED) is 0.760. The summed E-state index contributed by atoms with van der Waals surface area (Å²) in [6.45, 7) is 0.264. The Kier molecular flexibility index (Phi) is 2.94. The Balaban J connectivity index is 2.33. The minimum atomic E-state index is -3.06. The van der Waals surface area contributed by atoms with Gasteiger partial charge in [0.25, 0.3) is 0 Å². The van der Waals surface area contributed by atoms with Gasteiger partial charge in [0.05, 0.1) is 22.9 Å². The van der Waals surface area contributed by atoms with Gasteiger partial charge in [-0.25, -0.2) is 17.2 Å². The van der Waals surface area contributed by atoms with E-state index in [1.807, 2.05) is 0 Å².